The topological polar surface area (TPSA) is 20.2 Å². The number of aliphatic hydroxyl groups is 1. The second-order valence-electron chi connectivity index (χ2n) is 4.28. The standard InChI is InChI=1S/C14H22O/c1-3-4-8-14(11-15)12(2)13-9-6-5-7-10-13/h5-7,9-10,12,14-15H,3-4,8,11H2,1-2H3/t12-,14-/m1/s1. The van der Waals surface area contributed by atoms with Crippen LogP contribution in [-0.4, -0.2) is 11.7 Å². The van der Waals surface area contributed by atoms with Crippen LogP contribution in [0.5, 0.6) is 0 Å². The number of rotatable bonds is 6. The summed E-state index contributed by atoms with van der Waals surface area (Å²) in [5.74, 6) is 0.870. The molecule has 0 amide bonds. The molecule has 1 aromatic rings. The van der Waals surface area contributed by atoms with Gasteiger partial charge in [-0.2, -0.15) is 0 Å². The van der Waals surface area contributed by atoms with Crippen molar-refractivity contribution in [2.24, 2.45) is 5.92 Å². The molecular weight excluding hydrogens is 184 g/mol. The van der Waals surface area contributed by atoms with Crippen LogP contribution in [0.4, 0.5) is 0 Å². The van der Waals surface area contributed by atoms with E-state index < -0.39 is 0 Å². The van der Waals surface area contributed by atoms with Gasteiger partial charge >= 0.3 is 0 Å². The molecule has 0 unspecified atom stereocenters. The summed E-state index contributed by atoms with van der Waals surface area (Å²) in [5.41, 5.74) is 1.34. The number of aliphatic hydroxyl groups excluding tert-OH is 1. The molecule has 1 heteroatoms. The van der Waals surface area contributed by atoms with Crippen molar-refractivity contribution in [3.05, 3.63) is 35.9 Å². The summed E-state index contributed by atoms with van der Waals surface area (Å²) in [6, 6.07) is 10.5. The number of unbranched alkanes of at least 4 members (excludes halogenated alkanes) is 1. The predicted octanol–water partition coefficient (Wildman–Crippen LogP) is 3.59. The molecule has 0 heterocycles. The minimum absolute atomic E-state index is 0.302. The van der Waals surface area contributed by atoms with E-state index in [1.165, 1.54) is 18.4 Å². The molecule has 1 rings (SSSR count). The summed E-state index contributed by atoms with van der Waals surface area (Å²) in [4.78, 5) is 0. The maximum atomic E-state index is 9.38. The fraction of sp³-hybridized carbons (Fsp3) is 0.571. The monoisotopic (exact) mass is 206 g/mol. The molecule has 2 atom stereocenters. The van der Waals surface area contributed by atoms with Crippen molar-refractivity contribution >= 4 is 0 Å². The molecule has 1 nitrogen and oxygen atoms in total. The molecule has 0 aromatic heterocycles. The zero-order valence-corrected chi connectivity index (χ0v) is 9.82. The summed E-state index contributed by atoms with van der Waals surface area (Å²) < 4.78 is 0. The maximum absolute atomic E-state index is 9.38. The van der Waals surface area contributed by atoms with Gasteiger partial charge in [0.05, 0.1) is 0 Å². The van der Waals surface area contributed by atoms with E-state index in [4.69, 9.17) is 0 Å². The van der Waals surface area contributed by atoms with Crippen LogP contribution in [0, 0.1) is 5.92 Å². The maximum Gasteiger partial charge on any atom is 0.0465 e. The van der Waals surface area contributed by atoms with Crippen LogP contribution in [0.1, 0.15) is 44.6 Å². The van der Waals surface area contributed by atoms with E-state index in [1.54, 1.807) is 0 Å². The van der Waals surface area contributed by atoms with Crippen molar-refractivity contribution < 1.29 is 5.11 Å². The summed E-state index contributed by atoms with van der Waals surface area (Å²) in [5, 5.41) is 9.38. The molecule has 0 aliphatic carbocycles. The van der Waals surface area contributed by atoms with Crippen LogP contribution in [-0.2, 0) is 0 Å². The fourth-order valence-corrected chi connectivity index (χ4v) is 1.99. The van der Waals surface area contributed by atoms with Gasteiger partial charge in [0.2, 0.25) is 0 Å². The smallest absolute Gasteiger partial charge is 0.0465 e. The minimum atomic E-state index is 0.302. The Bertz CT molecular complexity index is 255. The summed E-state index contributed by atoms with van der Waals surface area (Å²) in [6.45, 7) is 4.71. The Morgan fingerprint density at radius 3 is 2.40 bits per heavy atom. The van der Waals surface area contributed by atoms with Crippen molar-refractivity contribution in [2.75, 3.05) is 6.61 Å². The largest absolute Gasteiger partial charge is 0.396 e. The Morgan fingerprint density at radius 2 is 1.87 bits per heavy atom. The van der Waals surface area contributed by atoms with E-state index in [-0.39, 0.29) is 0 Å². The van der Waals surface area contributed by atoms with E-state index in [2.05, 4.69) is 38.1 Å². The first-order valence-electron chi connectivity index (χ1n) is 5.95. The lowest BCUT2D eigenvalue weighted by Crippen LogP contribution is -2.14. The number of benzene rings is 1. The fourth-order valence-electron chi connectivity index (χ4n) is 1.99. The van der Waals surface area contributed by atoms with Gasteiger partial charge in [-0.1, -0.05) is 57.0 Å². The molecule has 0 saturated carbocycles. The van der Waals surface area contributed by atoms with Gasteiger partial charge in [-0.25, -0.2) is 0 Å². The second kappa shape index (κ2) is 6.62. The van der Waals surface area contributed by atoms with Gasteiger partial charge < -0.3 is 5.11 Å². The number of hydrogen-bond donors (Lipinski definition) is 1. The van der Waals surface area contributed by atoms with Crippen LogP contribution >= 0.6 is 0 Å². The van der Waals surface area contributed by atoms with E-state index in [0.29, 0.717) is 18.4 Å². The lowest BCUT2D eigenvalue weighted by atomic mass is 9.85. The third-order valence-electron chi connectivity index (χ3n) is 3.20. The third-order valence-corrected chi connectivity index (χ3v) is 3.20. The highest BCUT2D eigenvalue weighted by atomic mass is 16.3. The molecule has 15 heavy (non-hydrogen) atoms. The summed E-state index contributed by atoms with van der Waals surface area (Å²) in [6.07, 6.45) is 3.55. The highest BCUT2D eigenvalue weighted by molar-refractivity contribution is 5.19. The lowest BCUT2D eigenvalue weighted by molar-refractivity contribution is 0.197. The van der Waals surface area contributed by atoms with E-state index in [1.807, 2.05) is 6.07 Å². The number of hydrogen-bond acceptors (Lipinski definition) is 1. The normalized spacial score (nSPS) is 14.9. The molecule has 1 N–H and O–H groups in total. The molecule has 0 radical (unpaired) electrons. The van der Waals surface area contributed by atoms with Crippen molar-refractivity contribution in [2.45, 2.75) is 39.0 Å². The average Bonchev–Trinajstić information content (AvgIpc) is 2.31. The van der Waals surface area contributed by atoms with Crippen molar-refractivity contribution in [3.63, 3.8) is 0 Å². The van der Waals surface area contributed by atoms with Crippen molar-refractivity contribution in [3.8, 4) is 0 Å². The molecule has 1 aromatic carbocycles. The Morgan fingerprint density at radius 1 is 1.20 bits per heavy atom. The van der Waals surface area contributed by atoms with Crippen LogP contribution in [0.3, 0.4) is 0 Å². The quantitative estimate of drug-likeness (QED) is 0.754. The summed E-state index contributed by atoms with van der Waals surface area (Å²) >= 11 is 0. The van der Waals surface area contributed by atoms with Crippen LogP contribution in [0.15, 0.2) is 30.3 Å². The predicted molar refractivity (Wildman–Crippen MR) is 65.0 cm³/mol. The minimum Gasteiger partial charge on any atom is -0.396 e. The van der Waals surface area contributed by atoms with E-state index >= 15 is 0 Å². The zero-order chi connectivity index (χ0) is 11.1. The molecule has 0 aliphatic heterocycles. The Kier molecular flexibility index (Phi) is 5.41. The highest BCUT2D eigenvalue weighted by Crippen LogP contribution is 2.27. The van der Waals surface area contributed by atoms with E-state index in [0.717, 1.165) is 6.42 Å². The molecule has 0 spiro atoms. The van der Waals surface area contributed by atoms with Crippen LogP contribution in [0.25, 0.3) is 0 Å². The molecule has 84 valence electrons. The SMILES string of the molecule is CCCC[C@H](CO)[C@H](C)c1ccccc1. The molecule has 0 fully saturated rings. The van der Waals surface area contributed by atoms with Gasteiger partial charge in [-0.15, -0.1) is 0 Å². The zero-order valence-electron chi connectivity index (χ0n) is 9.82. The first-order valence-corrected chi connectivity index (χ1v) is 5.95. The van der Waals surface area contributed by atoms with Crippen LogP contribution in [0.2, 0.25) is 0 Å². The molecular formula is C14H22O. The van der Waals surface area contributed by atoms with Gasteiger partial charge in [0.25, 0.3) is 0 Å². The van der Waals surface area contributed by atoms with Crippen molar-refractivity contribution in [1.29, 1.82) is 0 Å². The average molecular weight is 206 g/mol. The van der Waals surface area contributed by atoms with Crippen LogP contribution < -0.4 is 0 Å². The Labute approximate surface area is 93.1 Å². The third kappa shape index (κ3) is 3.67. The van der Waals surface area contributed by atoms with E-state index in [9.17, 15) is 5.11 Å². The first kappa shape index (κ1) is 12.3. The van der Waals surface area contributed by atoms with Gasteiger partial charge in [0.1, 0.15) is 0 Å². The van der Waals surface area contributed by atoms with Crippen molar-refractivity contribution in [1.82, 2.24) is 0 Å². The van der Waals surface area contributed by atoms with Gasteiger partial charge in [-0.3, -0.25) is 0 Å². The Balaban J connectivity index is 2.60. The molecule has 0 aliphatic rings. The highest BCUT2D eigenvalue weighted by Gasteiger charge is 2.17. The second-order valence-corrected chi connectivity index (χ2v) is 4.28. The molecule has 0 saturated heterocycles. The Hall–Kier alpha value is -0.820. The van der Waals surface area contributed by atoms with Gasteiger partial charge in [-0.05, 0) is 23.8 Å². The van der Waals surface area contributed by atoms with Gasteiger partial charge in [0, 0.05) is 6.61 Å². The summed E-state index contributed by atoms with van der Waals surface area (Å²) in [7, 11) is 0. The first-order chi connectivity index (χ1) is 7.29. The molecule has 0 bridgehead atoms. The lowest BCUT2D eigenvalue weighted by Gasteiger charge is -2.22. The van der Waals surface area contributed by atoms with Gasteiger partial charge in [0.15, 0.2) is 0 Å².